The van der Waals surface area contributed by atoms with Crippen LogP contribution in [0.2, 0.25) is 0 Å². The van der Waals surface area contributed by atoms with Crippen molar-refractivity contribution in [2.75, 3.05) is 18.1 Å². The Bertz CT molecular complexity index is 542. The molecule has 5 heteroatoms. The van der Waals surface area contributed by atoms with E-state index in [1.807, 2.05) is 0 Å². The number of anilines is 2. The Morgan fingerprint density at radius 3 is 2.36 bits per heavy atom. The van der Waals surface area contributed by atoms with Crippen LogP contribution in [0.3, 0.4) is 0 Å². The van der Waals surface area contributed by atoms with Gasteiger partial charge in [-0.2, -0.15) is 0 Å². The predicted molar refractivity (Wildman–Crippen MR) is 90.9 cm³/mol. The Morgan fingerprint density at radius 2 is 1.82 bits per heavy atom. The average Bonchev–Trinajstić information content (AvgIpc) is 2.47. The number of hydrogen-bond donors (Lipinski definition) is 4. The van der Waals surface area contributed by atoms with E-state index >= 15 is 0 Å². The summed E-state index contributed by atoms with van der Waals surface area (Å²) in [6, 6.07) is 3.78. The lowest BCUT2D eigenvalue weighted by molar-refractivity contribution is 0.0794. The molecule has 22 heavy (non-hydrogen) atoms. The van der Waals surface area contributed by atoms with Gasteiger partial charge in [-0.15, -0.1) is 0 Å². The number of nitrogens with two attached hydrogens (primary N) is 2. The lowest BCUT2D eigenvalue weighted by atomic mass is 9.87. The Morgan fingerprint density at radius 1 is 1.18 bits per heavy atom. The Hall–Kier alpha value is -1.59. The molecule has 1 fully saturated rings. The van der Waals surface area contributed by atoms with Crippen molar-refractivity contribution in [1.29, 1.82) is 0 Å². The monoisotopic (exact) mass is 305 g/mol. The summed E-state index contributed by atoms with van der Waals surface area (Å²) in [7, 11) is 0. The Kier molecular flexibility index (Phi) is 5.08. The number of aliphatic hydroxyl groups excluding tert-OH is 1. The molecule has 1 saturated carbocycles. The fraction of sp³-hybridized carbons (Fsp3) is 0.588. The van der Waals surface area contributed by atoms with Crippen LogP contribution in [0.15, 0.2) is 17.1 Å². The molecule has 0 amide bonds. The van der Waals surface area contributed by atoms with Gasteiger partial charge in [0.2, 0.25) is 0 Å². The quantitative estimate of drug-likeness (QED) is 0.504. The maximum atomic E-state index is 10.1. The molecule has 2 rings (SSSR count). The fourth-order valence-electron chi connectivity index (χ4n) is 2.95. The average molecular weight is 305 g/mol. The van der Waals surface area contributed by atoms with Crippen molar-refractivity contribution in [2.24, 2.45) is 10.9 Å². The third-order valence-electron chi connectivity index (χ3n) is 4.41. The van der Waals surface area contributed by atoms with Gasteiger partial charge in [0.1, 0.15) is 0 Å². The lowest BCUT2D eigenvalue weighted by Crippen LogP contribution is -2.20. The van der Waals surface area contributed by atoms with E-state index in [1.54, 1.807) is 32.2 Å². The van der Waals surface area contributed by atoms with E-state index in [2.05, 4.69) is 4.99 Å². The smallest absolute Gasteiger partial charge is 0.0861 e. The van der Waals surface area contributed by atoms with Crippen LogP contribution in [0.1, 0.15) is 50.7 Å². The maximum absolute atomic E-state index is 10.1. The molecule has 6 N–H and O–H groups in total. The number of benzene rings is 1. The highest BCUT2D eigenvalue weighted by Gasteiger charge is 2.21. The van der Waals surface area contributed by atoms with Crippen LogP contribution in [0, 0.1) is 5.92 Å². The van der Waals surface area contributed by atoms with Gasteiger partial charge in [0.15, 0.2) is 0 Å². The van der Waals surface area contributed by atoms with E-state index in [1.165, 1.54) is 0 Å². The van der Waals surface area contributed by atoms with Gasteiger partial charge >= 0.3 is 0 Å². The highest BCUT2D eigenvalue weighted by atomic mass is 16.3. The van der Waals surface area contributed by atoms with Crippen LogP contribution in [0.4, 0.5) is 11.4 Å². The molecule has 1 aliphatic carbocycles. The summed E-state index contributed by atoms with van der Waals surface area (Å²) in [6.45, 7) is 3.65. The minimum absolute atomic E-state index is 0.276. The highest BCUT2D eigenvalue weighted by molar-refractivity contribution is 5.89. The first-order valence-corrected chi connectivity index (χ1v) is 7.87. The van der Waals surface area contributed by atoms with E-state index in [0.29, 0.717) is 22.9 Å². The van der Waals surface area contributed by atoms with Crippen molar-refractivity contribution in [2.45, 2.75) is 51.2 Å². The van der Waals surface area contributed by atoms with Gasteiger partial charge in [-0.05, 0) is 57.6 Å². The van der Waals surface area contributed by atoms with Gasteiger partial charge in [-0.3, -0.25) is 4.99 Å². The standard InChI is InChI=1S/C17H27N3O2/c1-17(2,22)14-8-15(18)12(7-16(14)19)9-20-13-5-3-11(10-21)4-6-13/h7-9,11,13,21-22H,3-6,10,18-19H2,1-2H3. The molecule has 1 aromatic carbocycles. The SMILES string of the molecule is CC(C)(O)c1cc(N)c(C=NC2CCC(CO)CC2)cc1N. The zero-order valence-electron chi connectivity index (χ0n) is 13.4. The number of nitrogens with zero attached hydrogens (tertiary/aromatic N) is 1. The number of aliphatic hydroxyl groups is 2. The van der Waals surface area contributed by atoms with Gasteiger partial charge in [-0.25, -0.2) is 0 Å². The highest BCUT2D eigenvalue weighted by Crippen LogP contribution is 2.30. The van der Waals surface area contributed by atoms with Crippen LogP contribution in [-0.2, 0) is 5.60 Å². The summed E-state index contributed by atoms with van der Waals surface area (Å²) < 4.78 is 0. The molecule has 1 aromatic rings. The molecule has 122 valence electrons. The maximum Gasteiger partial charge on any atom is 0.0861 e. The van der Waals surface area contributed by atoms with Gasteiger partial charge in [0, 0.05) is 41.4 Å². The third-order valence-corrected chi connectivity index (χ3v) is 4.41. The molecule has 0 saturated heterocycles. The summed E-state index contributed by atoms with van der Waals surface area (Å²) in [4.78, 5) is 4.61. The van der Waals surface area contributed by atoms with Crippen molar-refractivity contribution in [3.8, 4) is 0 Å². The van der Waals surface area contributed by atoms with Crippen LogP contribution in [0.25, 0.3) is 0 Å². The number of rotatable bonds is 4. The lowest BCUT2D eigenvalue weighted by Gasteiger charge is -2.24. The van der Waals surface area contributed by atoms with Crippen molar-refractivity contribution >= 4 is 17.6 Å². The zero-order valence-corrected chi connectivity index (χ0v) is 13.4. The molecule has 5 nitrogen and oxygen atoms in total. The third kappa shape index (κ3) is 3.99. The number of aliphatic imine (C=N–C) groups is 1. The summed E-state index contributed by atoms with van der Waals surface area (Å²) in [5.41, 5.74) is 13.6. The van der Waals surface area contributed by atoms with Gasteiger partial charge in [-0.1, -0.05) is 0 Å². The van der Waals surface area contributed by atoms with E-state index < -0.39 is 5.60 Å². The summed E-state index contributed by atoms with van der Waals surface area (Å²) in [5, 5.41) is 19.2. The molecular weight excluding hydrogens is 278 g/mol. The molecule has 0 spiro atoms. The van der Waals surface area contributed by atoms with Crippen LogP contribution in [-0.4, -0.2) is 29.1 Å². The summed E-state index contributed by atoms with van der Waals surface area (Å²) in [6.07, 6.45) is 5.82. The minimum Gasteiger partial charge on any atom is -0.398 e. The molecule has 0 radical (unpaired) electrons. The molecule has 0 aliphatic heterocycles. The first-order chi connectivity index (χ1) is 10.3. The van der Waals surface area contributed by atoms with E-state index in [-0.39, 0.29) is 12.6 Å². The van der Waals surface area contributed by atoms with E-state index in [0.717, 1.165) is 31.2 Å². The zero-order chi connectivity index (χ0) is 16.3. The van der Waals surface area contributed by atoms with Crippen molar-refractivity contribution < 1.29 is 10.2 Å². The van der Waals surface area contributed by atoms with E-state index in [9.17, 15) is 5.11 Å². The Labute approximate surface area is 132 Å². The normalized spacial score (nSPS) is 23.1. The van der Waals surface area contributed by atoms with Gasteiger partial charge in [0.05, 0.1) is 5.60 Å². The summed E-state index contributed by atoms with van der Waals surface area (Å²) >= 11 is 0. The van der Waals surface area contributed by atoms with Crippen molar-refractivity contribution in [3.05, 3.63) is 23.3 Å². The summed E-state index contributed by atoms with van der Waals surface area (Å²) in [5.74, 6) is 0.429. The topological polar surface area (TPSA) is 105 Å². The second kappa shape index (κ2) is 6.67. The second-order valence-electron chi connectivity index (χ2n) is 6.76. The molecule has 0 aromatic heterocycles. The fourth-order valence-corrected chi connectivity index (χ4v) is 2.95. The van der Waals surface area contributed by atoms with E-state index in [4.69, 9.17) is 16.6 Å². The minimum atomic E-state index is -1.02. The molecule has 1 aliphatic rings. The molecule has 0 atom stereocenters. The second-order valence-corrected chi connectivity index (χ2v) is 6.76. The largest absolute Gasteiger partial charge is 0.398 e. The number of nitrogen functional groups attached to an aromatic ring is 2. The molecule has 0 bridgehead atoms. The van der Waals surface area contributed by atoms with Crippen molar-refractivity contribution in [3.63, 3.8) is 0 Å². The molecular formula is C17H27N3O2. The van der Waals surface area contributed by atoms with Gasteiger partial charge in [0.25, 0.3) is 0 Å². The predicted octanol–water partition coefficient (Wildman–Crippen LogP) is 2.05. The van der Waals surface area contributed by atoms with Gasteiger partial charge < -0.3 is 21.7 Å². The first-order valence-electron chi connectivity index (χ1n) is 7.87. The first kappa shape index (κ1) is 16.8. The van der Waals surface area contributed by atoms with Crippen LogP contribution >= 0.6 is 0 Å². The Balaban J connectivity index is 2.10. The van der Waals surface area contributed by atoms with Crippen molar-refractivity contribution in [1.82, 2.24) is 0 Å². The number of hydrogen-bond acceptors (Lipinski definition) is 5. The van der Waals surface area contributed by atoms with Crippen LogP contribution in [0.5, 0.6) is 0 Å². The van der Waals surface area contributed by atoms with Crippen LogP contribution < -0.4 is 11.5 Å². The molecule has 0 heterocycles. The molecule has 0 unspecified atom stereocenters.